The lowest BCUT2D eigenvalue weighted by atomic mass is 9.89. The molecule has 0 aliphatic carbocycles. The maximum atomic E-state index is 4.62. The maximum absolute atomic E-state index is 4.62. The molecule has 1 fully saturated rings. The van der Waals surface area contributed by atoms with Gasteiger partial charge in [0.15, 0.2) is 0 Å². The fourth-order valence-electron chi connectivity index (χ4n) is 4.02. The normalized spacial score (nSPS) is 16.8. The Morgan fingerprint density at radius 3 is 2.88 bits per heavy atom. The number of likely N-dealkylation sites (tertiary alicyclic amines) is 1. The van der Waals surface area contributed by atoms with E-state index in [-0.39, 0.29) is 0 Å². The van der Waals surface area contributed by atoms with Crippen molar-refractivity contribution in [2.75, 3.05) is 13.1 Å². The second-order valence-electron chi connectivity index (χ2n) is 6.90. The highest BCUT2D eigenvalue weighted by atomic mass is 15.2. The van der Waals surface area contributed by atoms with Gasteiger partial charge in [-0.25, -0.2) is 9.97 Å². The SMILES string of the molecule is c1ccc2c(C3CCN(Cc4cn5cccnc5n4)CC3)c[nH]c2c1. The lowest BCUT2D eigenvalue weighted by molar-refractivity contribution is 0.203. The average molecular weight is 331 g/mol. The smallest absolute Gasteiger partial charge is 0.233 e. The summed E-state index contributed by atoms with van der Waals surface area (Å²) in [5.41, 5.74) is 3.83. The van der Waals surface area contributed by atoms with Gasteiger partial charge < -0.3 is 4.98 Å². The van der Waals surface area contributed by atoms with E-state index in [0.717, 1.165) is 31.1 Å². The van der Waals surface area contributed by atoms with Crippen LogP contribution >= 0.6 is 0 Å². The molecule has 25 heavy (non-hydrogen) atoms. The first-order valence-electron chi connectivity index (χ1n) is 8.94. The predicted molar refractivity (Wildman–Crippen MR) is 98.5 cm³/mol. The van der Waals surface area contributed by atoms with Crippen molar-refractivity contribution in [3.8, 4) is 0 Å². The Bertz CT molecular complexity index is 974. The Labute approximate surface area is 146 Å². The number of imidazole rings is 1. The molecule has 3 aromatic heterocycles. The molecule has 1 N–H and O–H groups in total. The molecule has 0 radical (unpaired) electrons. The lowest BCUT2D eigenvalue weighted by Gasteiger charge is -2.31. The Morgan fingerprint density at radius 2 is 2.00 bits per heavy atom. The van der Waals surface area contributed by atoms with Crippen LogP contribution in [0.5, 0.6) is 0 Å². The number of hydrogen-bond donors (Lipinski definition) is 1. The summed E-state index contributed by atoms with van der Waals surface area (Å²) in [6.07, 6.45) is 10.5. The van der Waals surface area contributed by atoms with Gasteiger partial charge in [0.2, 0.25) is 5.78 Å². The summed E-state index contributed by atoms with van der Waals surface area (Å²) in [4.78, 5) is 14.8. The summed E-state index contributed by atoms with van der Waals surface area (Å²) in [6, 6.07) is 10.6. The topological polar surface area (TPSA) is 49.2 Å². The number of aromatic amines is 1. The molecule has 0 spiro atoms. The number of fused-ring (bicyclic) bond motifs is 2. The van der Waals surface area contributed by atoms with Gasteiger partial charge in [0.05, 0.1) is 5.69 Å². The van der Waals surface area contributed by atoms with Crippen molar-refractivity contribution in [2.45, 2.75) is 25.3 Å². The molecule has 5 nitrogen and oxygen atoms in total. The molecular weight excluding hydrogens is 310 g/mol. The molecule has 4 heterocycles. The number of hydrogen-bond acceptors (Lipinski definition) is 3. The van der Waals surface area contributed by atoms with Gasteiger partial charge in [-0.15, -0.1) is 0 Å². The van der Waals surface area contributed by atoms with Crippen LogP contribution in [0, 0.1) is 0 Å². The summed E-state index contributed by atoms with van der Waals surface area (Å²) in [5.74, 6) is 1.43. The van der Waals surface area contributed by atoms with E-state index in [2.05, 4.69) is 56.5 Å². The van der Waals surface area contributed by atoms with Crippen molar-refractivity contribution in [1.29, 1.82) is 0 Å². The van der Waals surface area contributed by atoms with Gasteiger partial charge >= 0.3 is 0 Å². The van der Waals surface area contributed by atoms with Crippen LogP contribution in [0.1, 0.15) is 30.0 Å². The Balaban J connectivity index is 1.28. The summed E-state index contributed by atoms with van der Waals surface area (Å²) in [7, 11) is 0. The quantitative estimate of drug-likeness (QED) is 0.624. The van der Waals surface area contributed by atoms with Gasteiger partial charge in [-0.3, -0.25) is 9.30 Å². The largest absolute Gasteiger partial charge is 0.361 e. The van der Waals surface area contributed by atoms with E-state index in [1.807, 2.05) is 16.7 Å². The highest BCUT2D eigenvalue weighted by Crippen LogP contribution is 2.33. The number of rotatable bonds is 3. The predicted octanol–water partition coefficient (Wildman–Crippen LogP) is 3.59. The van der Waals surface area contributed by atoms with Crippen LogP contribution in [0.25, 0.3) is 16.7 Å². The van der Waals surface area contributed by atoms with E-state index in [4.69, 9.17) is 0 Å². The van der Waals surface area contributed by atoms with E-state index < -0.39 is 0 Å². The van der Waals surface area contributed by atoms with Gasteiger partial charge in [-0.1, -0.05) is 18.2 Å². The Kier molecular flexibility index (Phi) is 3.52. The van der Waals surface area contributed by atoms with Gasteiger partial charge in [0.25, 0.3) is 0 Å². The molecule has 1 aliphatic heterocycles. The lowest BCUT2D eigenvalue weighted by Crippen LogP contribution is -2.32. The van der Waals surface area contributed by atoms with E-state index in [1.54, 1.807) is 6.20 Å². The number of benzene rings is 1. The van der Waals surface area contributed by atoms with Crippen LogP contribution in [-0.4, -0.2) is 37.3 Å². The van der Waals surface area contributed by atoms with Crippen molar-refractivity contribution < 1.29 is 0 Å². The fraction of sp³-hybridized carbons (Fsp3) is 0.300. The minimum absolute atomic E-state index is 0.648. The van der Waals surface area contributed by atoms with Crippen LogP contribution in [0.2, 0.25) is 0 Å². The molecule has 1 aromatic carbocycles. The summed E-state index contributed by atoms with van der Waals surface area (Å²) in [6.45, 7) is 3.14. The van der Waals surface area contributed by atoms with Gasteiger partial charge in [-0.05, 0) is 49.5 Å². The zero-order valence-corrected chi connectivity index (χ0v) is 14.1. The first-order valence-corrected chi connectivity index (χ1v) is 8.94. The van der Waals surface area contributed by atoms with Gasteiger partial charge in [0.1, 0.15) is 0 Å². The van der Waals surface area contributed by atoms with Crippen molar-refractivity contribution in [3.05, 3.63) is 66.4 Å². The first-order chi connectivity index (χ1) is 12.4. The monoisotopic (exact) mass is 331 g/mol. The van der Waals surface area contributed by atoms with E-state index in [9.17, 15) is 0 Å². The molecule has 1 aliphatic rings. The Hall–Kier alpha value is -2.66. The van der Waals surface area contributed by atoms with Crippen LogP contribution in [0.15, 0.2) is 55.1 Å². The fourth-order valence-corrected chi connectivity index (χ4v) is 4.02. The van der Waals surface area contributed by atoms with Crippen LogP contribution in [-0.2, 0) is 6.54 Å². The molecule has 0 bridgehead atoms. The number of H-pyrrole nitrogens is 1. The molecular formula is C20H21N5. The minimum atomic E-state index is 0.648. The number of aromatic nitrogens is 4. The highest BCUT2D eigenvalue weighted by molar-refractivity contribution is 5.83. The first kappa shape index (κ1) is 14.7. The third-order valence-electron chi connectivity index (χ3n) is 5.32. The average Bonchev–Trinajstić information content (AvgIpc) is 3.26. The van der Waals surface area contributed by atoms with Crippen LogP contribution < -0.4 is 0 Å². The maximum Gasteiger partial charge on any atom is 0.233 e. The zero-order chi connectivity index (χ0) is 16.6. The standard InChI is InChI=1S/C20H21N5/c1-2-5-19-17(4-1)18(12-22-19)15-6-10-24(11-7-15)13-16-14-25-9-3-8-21-20(25)23-16/h1-5,8-9,12,14-15,22H,6-7,10-11,13H2. The second kappa shape index (κ2) is 6.01. The highest BCUT2D eigenvalue weighted by Gasteiger charge is 2.23. The summed E-state index contributed by atoms with van der Waals surface area (Å²) < 4.78 is 1.99. The molecule has 1 saturated heterocycles. The molecule has 0 unspecified atom stereocenters. The van der Waals surface area contributed by atoms with Crippen molar-refractivity contribution in [3.63, 3.8) is 0 Å². The number of nitrogens with one attached hydrogen (secondary N) is 1. The molecule has 0 amide bonds. The summed E-state index contributed by atoms with van der Waals surface area (Å²) in [5, 5.41) is 1.38. The molecule has 4 aromatic rings. The number of piperidine rings is 1. The Morgan fingerprint density at radius 1 is 1.12 bits per heavy atom. The molecule has 0 atom stereocenters. The minimum Gasteiger partial charge on any atom is -0.361 e. The van der Waals surface area contributed by atoms with E-state index in [1.165, 1.54) is 29.3 Å². The number of para-hydroxylation sites is 1. The molecule has 5 rings (SSSR count). The second-order valence-corrected chi connectivity index (χ2v) is 6.90. The van der Waals surface area contributed by atoms with Crippen LogP contribution in [0.4, 0.5) is 0 Å². The van der Waals surface area contributed by atoms with Crippen molar-refractivity contribution in [2.24, 2.45) is 0 Å². The number of nitrogens with zero attached hydrogens (tertiary/aromatic N) is 4. The van der Waals surface area contributed by atoms with Crippen LogP contribution in [0.3, 0.4) is 0 Å². The third kappa shape index (κ3) is 2.70. The molecule has 126 valence electrons. The van der Waals surface area contributed by atoms with Crippen molar-refractivity contribution in [1.82, 2.24) is 24.3 Å². The molecule has 5 heteroatoms. The van der Waals surface area contributed by atoms with Gasteiger partial charge in [0, 0.05) is 42.2 Å². The van der Waals surface area contributed by atoms with E-state index in [0.29, 0.717) is 5.92 Å². The van der Waals surface area contributed by atoms with Crippen molar-refractivity contribution >= 4 is 16.7 Å². The summed E-state index contributed by atoms with van der Waals surface area (Å²) >= 11 is 0. The zero-order valence-electron chi connectivity index (χ0n) is 14.1. The third-order valence-corrected chi connectivity index (χ3v) is 5.32. The molecule has 0 saturated carbocycles. The van der Waals surface area contributed by atoms with Gasteiger partial charge in [-0.2, -0.15) is 0 Å². The van der Waals surface area contributed by atoms with E-state index >= 15 is 0 Å².